The maximum Gasteiger partial charge on any atom is 0.241 e. The summed E-state index contributed by atoms with van der Waals surface area (Å²) < 4.78 is 6.21. The van der Waals surface area contributed by atoms with Crippen LogP contribution in [0.2, 0.25) is 0 Å². The number of amides is 1. The zero-order valence-electron chi connectivity index (χ0n) is 10.4. The van der Waals surface area contributed by atoms with Gasteiger partial charge in [-0.25, -0.2) is 0 Å². The fourth-order valence-corrected chi connectivity index (χ4v) is 2.43. The van der Waals surface area contributed by atoms with Crippen LogP contribution in [-0.4, -0.2) is 37.6 Å². The van der Waals surface area contributed by atoms with Crippen LogP contribution in [0.25, 0.3) is 0 Å². The molecule has 1 fully saturated rings. The molecule has 1 aliphatic heterocycles. The van der Waals surface area contributed by atoms with Crippen molar-refractivity contribution >= 4 is 27.5 Å². The van der Waals surface area contributed by atoms with Gasteiger partial charge < -0.3 is 15.0 Å². The Morgan fingerprint density at radius 2 is 2.17 bits per heavy atom. The van der Waals surface area contributed by atoms with Crippen LogP contribution in [0.1, 0.15) is 12.8 Å². The molecule has 0 atom stereocenters. The number of nitrogens with one attached hydrogen (secondary N) is 1. The summed E-state index contributed by atoms with van der Waals surface area (Å²) in [6.45, 7) is 2.08. The predicted molar refractivity (Wildman–Crippen MR) is 75.0 cm³/mol. The molecule has 0 radical (unpaired) electrons. The molecule has 1 N–H and O–H groups in total. The monoisotopic (exact) mass is 312 g/mol. The maximum atomic E-state index is 11.9. The third-order valence-corrected chi connectivity index (χ3v) is 3.54. The lowest BCUT2D eigenvalue weighted by atomic mass is 10.3. The Balaban J connectivity index is 1.96. The minimum atomic E-state index is 0.148. The van der Waals surface area contributed by atoms with Crippen LogP contribution in [0.4, 0.5) is 5.69 Å². The quantitative estimate of drug-likeness (QED) is 0.928. The Labute approximate surface area is 115 Å². The average molecular weight is 313 g/mol. The van der Waals surface area contributed by atoms with Gasteiger partial charge in [-0.1, -0.05) is 15.9 Å². The lowest BCUT2D eigenvalue weighted by Crippen LogP contribution is -2.33. The molecule has 5 heteroatoms. The van der Waals surface area contributed by atoms with Crippen molar-refractivity contribution in [1.29, 1.82) is 0 Å². The number of rotatable bonds is 4. The molecule has 1 aliphatic rings. The summed E-state index contributed by atoms with van der Waals surface area (Å²) in [4.78, 5) is 13.8. The third-order valence-electron chi connectivity index (χ3n) is 3.05. The van der Waals surface area contributed by atoms with Gasteiger partial charge >= 0.3 is 0 Å². The second-order valence-corrected chi connectivity index (χ2v) is 5.20. The van der Waals surface area contributed by atoms with Crippen LogP contribution in [0, 0.1) is 0 Å². The van der Waals surface area contributed by atoms with E-state index in [1.54, 1.807) is 7.11 Å². The van der Waals surface area contributed by atoms with Gasteiger partial charge in [0.05, 0.1) is 19.3 Å². The summed E-state index contributed by atoms with van der Waals surface area (Å²) in [7, 11) is 1.62. The van der Waals surface area contributed by atoms with Crippen molar-refractivity contribution in [2.75, 3.05) is 32.1 Å². The first-order valence-electron chi connectivity index (χ1n) is 6.06. The summed E-state index contributed by atoms with van der Waals surface area (Å²) in [6.07, 6.45) is 2.23. The molecule has 1 saturated heterocycles. The number of carbonyl (C=O) groups excluding carboxylic acids is 1. The fraction of sp³-hybridized carbons (Fsp3) is 0.462. The first-order chi connectivity index (χ1) is 8.70. The van der Waals surface area contributed by atoms with Crippen molar-refractivity contribution in [1.82, 2.24) is 4.90 Å². The zero-order chi connectivity index (χ0) is 13.0. The summed E-state index contributed by atoms with van der Waals surface area (Å²) in [5.74, 6) is 0.891. The number of anilines is 1. The van der Waals surface area contributed by atoms with Gasteiger partial charge in [-0.2, -0.15) is 0 Å². The molecule has 0 aliphatic carbocycles. The zero-order valence-corrected chi connectivity index (χ0v) is 12.0. The van der Waals surface area contributed by atoms with Crippen molar-refractivity contribution in [2.45, 2.75) is 12.8 Å². The molecule has 1 heterocycles. The number of benzene rings is 1. The van der Waals surface area contributed by atoms with Crippen LogP contribution in [-0.2, 0) is 4.79 Å². The van der Waals surface area contributed by atoms with Crippen molar-refractivity contribution in [3.8, 4) is 5.75 Å². The molecule has 0 aromatic heterocycles. The maximum absolute atomic E-state index is 11.9. The molecule has 0 saturated carbocycles. The standard InChI is InChI=1S/C13H17BrN2O2/c1-18-12-5-4-10(14)8-11(12)15-9-13(17)16-6-2-3-7-16/h4-5,8,15H,2-3,6-7,9H2,1H3. The Hall–Kier alpha value is -1.23. The Morgan fingerprint density at radius 3 is 2.83 bits per heavy atom. The molecule has 0 spiro atoms. The Kier molecular flexibility index (Phi) is 4.47. The molecular weight excluding hydrogens is 296 g/mol. The van der Waals surface area contributed by atoms with Gasteiger partial charge in [0.2, 0.25) is 5.91 Å². The van der Waals surface area contributed by atoms with E-state index in [1.165, 1.54) is 0 Å². The third kappa shape index (κ3) is 3.16. The number of carbonyl (C=O) groups is 1. The molecule has 1 aromatic rings. The first-order valence-corrected chi connectivity index (χ1v) is 6.85. The lowest BCUT2D eigenvalue weighted by Gasteiger charge is -2.17. The topological polar surface area (TPSA) is 41.6 Å². The molecule has 18 heavy (non-hydrogen) atoms. The SMILES string of the molecule is COc1ccc(Br)cc1NCC(=O)N1CCCC1. The lowest BCUT2D eigenvalue weighted by molar-refractivity contribution is -0.128. The smallest absolute Gasteiger partial charge is 0.241 e. The van der Waals surface area contributed by atoms with Gasteiger partial charge in [-0.05, 0) is 31.0 Å². The summed E-state index contributed by atoms with van der Waals surface area (Å²) >= 11 is 3.41. The molecular formula is C13H17BrN2O2. The number of halogens is 1. The van der Waals surface area contributed by atoms with E-state index in [2.05, 4.69) is 21.2 Å². The van der Waals surface area contributed by atoms with Crippen LogP contribution < -0.4 is 10.1 Å². The number of methoxy groups -OCH3 is 1. The molecule has 1 aromatic carbocycles. The highest BCUT2D eigenvalue weighted by atomic mass is 79.9. The highest BCUT2D eigenvalue weighted by Crippen LogP contribution is 2.27. The highest BCUT2D eigenvalue weighted by Gasteiger charge is 2.17. The highest BCUT2D eigenvalue weighted by molar-refractivity contribution is 9.10. The molecule has 0 bridgehead atoms. The second kappa shape index (κ2) is 6.09. The number of hydrogen-bond donors (Lipinski definition) is 1. The molecule has 4 nitrogen and oxygen atoms in total. The van der Waals surface area contributed by atoms with E-state index in [-0.39, 0.29) is 5.91 Å². The van der Waals surface area contributed by atoms with E-state index < -0.39 is 0 Å². The van der Waals surface area contributed by atoms with Gasteiger partial charge in [0.25, 0.3) is 0 Å². The predicted octanol–water partition coefficient (Wildman–Crippen LogP) is 2.49. The number of likely N-dealkylation sites (tertiary alicyclic amines) is 1. The first kappa shape index (κ1) is 13.2. The largest absolute Gasteiger partial charge is 0.495 e. The molecule has 2 rings (SSSR count). The molecule has 1 amide bonds. The summed E-state index contributed by atoms with van der Waals surface area (Å²) in [5.41, 5.74) is 0.833. The van der Waals surface area contributed by atoms with Gasteiger partial charge in [0.15, 0.2) is 0 Å². The average Bonchev–Trinajstić information content (AvgIpc) is 2.90. The molecule has 98 valence electrons. The van der Waals surface area contributed by atoms with Gasteiger partial charge in [-0.15, -0.1) is 0 Å². The number of ether oxygens (including phenoxy) is 1. The minimum absolute atomic E-state index is 0.148. The molecule has 0 unspecified atom stereocenters. The van der Waals surface area contributed by atoms with E-state index in [4.69, 9.17) is 4.74 Å². The van der Waals surface area contributed by atoms with E-state index in [9.17, 15) is 4.79 Å². The van der Waals surface area contributed by atoms with Crippen LogP contribution >= 0.6 is 15.9 Å². The van der Waals surface area contributed by atoms with E-state index in [1.807, 2.05) is 23.1 Å². The van der Waals surface area contributed by atoms with Crippen LogP contribution in [0.15, 0.2) is 22.7 Å². The van der Waals surface area contributed by atoms with Crippen molar-refractivity contribution < 1.29 is 9.53 Å². The van der Waals surface area contributed by atoms with Crippen molar-refractivity contribution in [3.05, 3.63) is 22.7 Å². The number of hydrogen-bond acceptors (Lipinski definition) is 3. The van der Waals surface area contributed by atoms with Crippen molar-refractivity contribution in [2.24, 2.45) is 0 Å². The summed E-state index contributed by atoms with van der Waals surface area (Å²) in [5, 5.41) is 3.14. The van der Waals surface area contributed by atoms with E-state index in [0.717, 1.165) is 41.8 Å². The van der Waals surface area contributed by atoms with Gasteiger partial charge in [0.1, 0.15) is 5.75 Å². The minimum Gasteiger partial charge on any atom is -0.495 e. The van der Waals surface area contributed by atoms with E-state index >= 15 is 0 Å². The Bertz CT molecular complexity index is 431. The van der Waals surface area contributed by atoms with Gasteiger partial charge in [0, 0.05) is 17.6 Å². The fourth-order valence-electron chi connectivity index (χ4n) is 2.07. The van der Waals surface area contributed by atoms with Crippen molar-refractivity contribution in [3.63, 3.8) is 0 Å². The van der Waals surface area contributed by atoms with Crippen LogP contribution in [0.5, 0.6) is 5.75 Å². The summed E-state index contributed by atoms with van der Waals surface area (Å²) in [6, 6.07) is 5.69. The number of nitrogens with zero attached hydrogens (tertiary/aromatic N) is 1. The van der Waals surface area contributed by atoms with E-state index in [0.29, 0.717) is 6.54 Å². The Morgan fingerprint density at radius 1 is 1.44 bits per heavy atom. The van der Waals surface area contributed by atoms with Gasteiger partial charge in [-0.3, -0.25) is 4.79 Å². The van der Waals surface area contributed by atoms with Crippen LogP contribution in [0.3, 0.4) is 0 Å². The second-order valence-electron chi connectivity index (χ2n) is 4.29. The normalized spacial score (nSPS) is 14.7.